The number of nitrogens with zero attached hydrogens (tertiary/aromatic N) is 2. The summed E-state index contributed by atoms with van der Waals surface area (Å²) in [4.78, 5) is 0.534. The highest BCUT2D eigenvalue weighted by Gasteiger charge is 1.95. The van der Waals surface area contributed by atoms with E-state index in [0.29, 0.717) is 10.4 Å². The van der Waals surface area contributed by atoms with E-state index in [0.717, 1.165) is 0 Å². The molecule has 0 aliphatic rings. The lowest BCUT2D eigenvalue weighted by atomic mass is 10.3. The van der Waals surface area contributed by atoms with Crippen LogP contribution in [0.1, 0.15) is 10.4 Å². The van der Waals surface area contributed by atoms with Crippen LogP contribution in [0.15, 0.2) is 6.07 Å². The van der Waals surface area contributed by atoms with Gasteiger partial charge in [-0.25, -0.2) is 0 Å². The molecule has 0 atom stereocenters. The lowest BCUT2D eigenvalue weighted by Gasteiger charge is -1.65. The molecule has 3 heteroatoms. The molecule has 0 spiro atoms. The molecule has 0 aliphatic carbocycles. The summed E-state index contributed by atoms with van der Waals surface area (Å²) in [5.41, 5.74) is 0.441. The van der Waals surface area contributed by atoms with Crippen LogP contribution in [-0.2, 0) is 0 Å². The minimum absolute atomic E-state index is 0.441. The lowest BCUT2D eigenvalue weighted by molar-refractivity contribution is 1.50. The van der Waals surface area contributed by atoms with E-state index in [9.17, 15) is 0 Å². The van der Waals surface area contributed by atoms with Gasteiger partial charge in [0.2, 0.25) is 0 Å². The second kappa shape index (κ2) is 2.30. The Kier molecular flexibility index (Phi) is 1.48. The van der Waals surface area contributed by atoms with Gasteiger partial charge in [0.15, 0.2) is 0 Å². The summed E-state index contributed by atoms with van der Waals surface area (Å²) in [6.45, 7) is 0. The fourth-order valence-corrected chi connectivity index (χ4v) is 0.957. The summed E-state index contributed by atoms with van der Waals surface area (Å²) in [7, 11) is 0. The van der Waals surface area contributed by atoms with Crippen LogP contribution < -0.4 is 0 Å². The Labute approximate surface area is 56.6 Å². The number of hydrogen-bond acceptors (Lipinski definition) is 3. The van der Waals surface area contributed by atoms with Crippen LogP contribution in [0.2, 0.25) is 0 Å². The number of rotatable bonds is 0. The maximum atomic E-state index is 8.28. The smallest absolute Gasteiger partial charge is 0.110 e. The minimum Gasteiger partial charge on any atom is -0.192 e. The van der Waals surface area contributed by atoms with Crippen LogP contribution in [0.3, 0.4) is 0 Å². The first-order chi connectivity index (χ1) is 4.36. The molecule has 0 amide bonds. The van der Waals surface area contributed by atoms with E-state index in [1.165, 1.54) is 17.4 Å². The molecule has 0 bridgehead atoms. The predicted molar refractivity (Wildman–Crippen MR) is 32.6 cm³/mol. The Morgan fingerprint density at radius 3 is 2.56 bits per heavy atom. The van der Waals surface area contributed by atoms with Crippen LogP contribution in [-0.4, -0.2) is 0 Å². The molecule has 0 saturated heterocycles. The zero-order chi connectivity index (χ0) is 6.69. The summed E-state index contributed by atoms with van der Waals surface area (Å²) in [5.74, 6) is 0. The minimum atomic E-state index is 0.441. The maximum Gasteiger partial charge on any atom is 0.110 e. The van der Waals surface area contributed by atoms with Crippen molar-refractivity contribution < 1.29 is 0 Å². The van der Waals surface area contributed by atoms with E-state index >= 15 is 0 Å². The average Bonchev–Trinajstić information content (AvgIpc) is 2.34. The van der Waals surface area contributed by atoms with Gasteiger partial charge in [-0.1, -0.05) is 0 Å². The molecule has 0 saturated carbocycles. The quantitative estimate of drug-likeness (QED) is 0.535. The molecule has 0 aromatic carbocycles. The molecule has 2 nitrogen and oxygen atoms in total. The van der Waals surface area contributed by atoms with Gasteiger partial charge in [-0.2, -0.15) is 10.5 Å². The molecule has 1 radical (unpaired) electrons. The third-order valence-corrected chi connectivity index (χ3v) is 1.53. The van der Waals surface area contributed by atoms with Crippen molar-refractivity contribution in [2.24, 2.45) is 0 Å². The monoisotopic (exact) mass is 133 g/mol. The van der Waals surface area contributed by atoms with Crippen LogP contribution in [0.5, 0.6) is 0 Å². The Bertz CT molecular complexity index is 258. The first kappa shape index (κ1) is 5.81. The Morgan fingerprint density at radius 1 is 1.44 bits per heavy atom. The Balaban J connectivity index is 3.08. The van der Waals surface area contributed by atoms with E-state index in [1.807, 2.05) is 12.1 Å². The van der Waals surface area contributed by atoms with Gasteiger partial charge < -0.3 is 0 Å². The second-order valence-electron chi connectivity index (χ2n) is 1.35. The fraction of sp³-hybridized carbons (Fsp3) is 0. The zero-order valence-corrected chi connectivity index (χ0v) is 5.20. The SMILES string of the molecule is N#Cc1[c]sc(C#N)c1. The largest absolute Gasteiger partial charge is 0.192 e. The number of thiophene rings is 1. The third kappa shape index (κ3) is 1.07. The van der Waals surface area contributed by atoms with Crippen LogP contribution in [0.4, 0.5) is 0 Å². The number of hydrogen-bond donors (Lipinski definition) is 0. The molecule has 1 aromatic heterocycles. The molecule has 1 rings (SSSR count). The van der Waals surface area contributed by atoms with E-state index in [4.69, 9.17) is 10.5 Å². The summed E-state index contributed by atoms with van der Waals surface area (Å²) < 4.78 is 0. The van der Waals surface area contributed by atoms with Gasteiger partial charge in [0.1, 0.15) is 17.0 Å². The van der Waals surface area contributed by atoms with E-state index in [1.54, 1.807) is 0 Å². The van der Waals surface area contributed by atoms with Crippen molar-refractivity contribution in [3.63, 3.8) is 0 Å². The topological polar surface area (TPSA) is 47.6 Å². The van der Waals surface area contributed by atoms with E-state index in [-0.39, 0.29) is 0 Å². The van der Waals surface area contributed by atoms with Gasteiger partial charge in [-0.3, -0.25) is 0 Å². The Hall–Kier alpha value is -1.32. The van der Waals surface area contributed by atoms with E-state index < -0.39 is 0 Å². The van der Waals surface area contributed by atoms with Crippen molar-refractivity contribution in [1.82, 2.24) is 0 Å². The van der Waals surface area contributed by atoms with Gasteiger partial charge in [0.05, 0.1) is 10.9 Å². The molecule has 9 heavy (non-hydrogen) atoms. The van der Waals surface area contributed by atoms with Gasteiger partial charge in [-0.15, -0.1) is 11.3 Å². The number of nitriles is 2. The molecule has 0 N–H and O–H groups in total. The summed E-state index contributed by atoms with van der Waals surface area (Å²) in [6, 6.07) is 5.32. The third-order valence-electron chi connectivity index (χ3n) is 0.777. The second-order valence-corrected chi connectivity index (χ2v) is 2.20. The molecule has 0 fully saturated rings. The van der Waals surface area contributed by atoms with Crippen molar-refractivity contribution in [2.75, 3.05) is 0 Å². The average molecular weight is 133 g/mol. The molecular formula is C6HN2S. The molecular weight excluding hydrogens is 132 g/mol. The van der Waals surface area contributed by atoms with Gasteiger partial charge in [0.25, 0.3) is 0 Å². The van der Waals surface area contributed by atoms with Crippen LogP contribution in [0.25, 0.3) is 0 Å². The predicted octanol–water partition coefficient (Wildman–Crippen LogP) is 1.29. The molecule has 41 valence electrons. The zero-order valence-electron chi connectivity index (χ0n) is 4.38. The highest BCUT2D eigenvalue weighted by Crippen LogP contribution is 2.10. The summed E-state index contributed by atoms with van der Waals surface area (Å²) in [6.07, 6.45) is 0. The van der Waals surface area contributed by atoms with Crippen molar-refractivity contribution in [2.45, 2.75) is 0 Å². The first-order valence-corrected chi connectivity index (χ1v) is 3.00. The highest BCUT2D eigenvalue weighted by atomic mass is 32.1. The van der Waals surface area contributed by atoms with Crippen LogP contribution in [0, 0.1) is 28.0 Å². The summed E-state index contributed by atoms with van der Waals surface area (Å²) >= 11 is 1.17. The van der Waals surface area contributed by atoms with Gasteiger partial charge in [-0.05, 0) is 6.07 Å². The van der Waals surface area contributed by atoms with Crippen molar-refractivity contribution in [1.29, 1.82) is 10.5 Å². The van der Waals surface area contributed by atoms with E-state index in [2.05, 4.69) is 5.38 Å². The van der Waals surface area contributed by atoms with Crippen LogP contribution >= 0.6 is 11.3 Å². The van der Waals surface area contributed by atoms with Gasteiger partial charge >= 0.3 is 0 Å². The van der Waals surface area contributed by atoms with Crippen molar-refractivity contribution in [3.05, 3.63) is 21.9 Å². The Morgan fingerprint density at radius 2 is 2.22 bits per heavy atom. The fourth-order valence-electron chi connectivity index (χ4n) is 0.410. The van der Waals surface area contributed by atoms with Gasteiger partial charge in [0, 0.05) is 0 Å². The standard InChI is InChI=1S/C6HN2S/c7-2-5-1-6(3-8)9-4-5/h1H. The molecule has 0 unspecified atom stereocenters. The lowest BCUT2D eigenvalue weighted by Crippen LogP contribution is -1.60. The molecule has 1 aromatic rings. The summed E-state index contributed by atoms with van der Waals surface area (Å²) in [5, 5.41) is 19.2. The maximum absolute atomic E-state index is 8.28. The molecule has 1 heterocycles. The molecule has 0 aliphatic heterocycles. The normalized spacial score (nSPS) is 7.78. The highest BCUT2D eigenvalue weighted by molar-refractivity contribution is 7.10. The van der Waals surface area contributed by atoms with Crippen molar-refractivity contribution in [3.8, 4) is 12.1 Å². The first-order valence-electron chi connectivity index (χ1n) is 2.18. The van der Waals surface area contributed by atoms with Crippen molar-refractivity contribution >= 4 is 11.3 Å².